The summed E-state index contributed by atoms with van der Waals surface area (Å²) in [5.41, 5.74) is 1.39. The van der Waals surface area contributed by atoms with Crippen LogP contribution in [0.5, 0.6) is 0 Å². The van der Waals surface area contributed by atoms with Crippen molar-refractivity contribution in [1.29, 1.82) is 0 Å². The normalized spacial score (nSPS) is 20.5. The van der Waals surface area contributed by atoms with Crippen LogP contribution in [0.15, 0.2) is 24.3 Å². The molecule has 5 heteroatoms. The average Bonchev–Trinajstić information content (AvgIpc) is 2.86. The van der Waals surface area contributed by atoms with E-state index in [0.717, 1.165) is 43.4 Å². The van der Waals surface area contributed by atoms with Crippen molar-refractivity contribution in [1.82, 2.24) is 4.90 Å². The molecule has 3 rings (SSSR count). The fraction of sp³-hybridized carbons (Fsp3) is 0.571. The number of anilines is 1. The number of benzene rings is 1. The molecular weight excluding hydrogens is 328 g/mol. The molecule has 1 atom stereocenters. The number of rotatable bonds is 5. The molecule has 1 saturated heterocycles. The van der Waals surface area contributed by atoms with Gasteiger partial charge in [-0.05, 0) is 42.9 Å². The van der Waals surface area contributed by atoms with E-state index in [1.807, 2.05) is 24.3 Å². The number of imide groups is 1. The van der Waals surface area contributed by atoms with E-state index in [4.69, 9.17) is 0 Å². The Labute approximate surface area is 155 Å². The molecule has 1 aliphatic carbocycles. The van der Waals surface area contributed by atoms with E-state index < -0.39 is 5.41 Å². The van der Waals surface area contributed by atoms with E-state index in [1.54, 1.807) is 0 Å². The molecule has 2 aliphatic rings. The predicted octanol–water partition coefficient (Wildman–Crippen LogP) is 3.85. The van der Waals surface area contributed by atoms with E-state index in [0.29, 0.717) is 11.6 Å². The summed E-state index contributed by atoms with van der Waals surface area (Å²) < 4.78 is 0. The van der Waals surface area contributed by atoms with Crippen LogP contribution in [-0.2, 0) is 14.4 Å². The Morgan fingerprint density at radius 2 is 1.81 bits per heavy atom. The zero-order valence-corrected chi connectivity index (χ0v) is 15.7. The van der Waals surface area contributed by atoms with Crippen molar-refractivity contribution in [3.05, 3.63) is 29.8 Å². The second kappa shape index (κ2) is 7.60. The summed E-state index contributed by atoms with van der Waals surface area (Å²) in [5.74, 6) is -0.203. The monoisotopic (exact) mass is 356 g/mol. The zero-order chi connectivity index (χ0) is 18.7. The third-order valence-electron chi connectivity index (χ3n) is 5.98. The molecule has 1 saturated carbocycles. The summed E-state index contributed by atoms with van der Waals surface area (Å²) in [6.07, 6.45) is 5.97. The third kappa shape index (κ3) is 3.67. The molecular formula is C21H28N2O3. The molecule has 0 radical (unpaired) electrons. The molecule has 1 aromatic carbocycles. The van der Waals surface area contributed by atoms with Gasteiger partial charge < -0.3 is 5.32 Å². The van der Waals surface area contributed by atoms with Crippen LogP contribution in [0.25, 0.3) is 0 Å². The van der Waals surface area contributed by atoms with Crippen molar-refractivity contribution in [3.8, 4) is 0 Å². The van der Waals surface area contributed by atoms with Gasteiger partial charge in [-0.3, -0.25) is 19.3 Å². The maximum atomic E-state index is 12.8. The number of nitrogens with zero attached hydrogens (tertiary/aromatic N) is 1. The second-order valence-electron chi connectivity index (χ2n) is 7.78. The van der Waals surface area contributed by atoms with Crippen LogP contribution >= 0.6 is 0 Å². The summed E-state index contributed by atoms with van der Waals surface area (Å²) >= 11 is 0. The summed E-state index contributed by atoms with van der Waals surface area (Å²) in [6.45, 7) is 4.12. The fourth-order valence-electron chi connectivity index (χ4n) is 4.11. The standard InChI is InChI=1S/C21H28N2O3/c1-3-15(2)16-7-9-17(10-8-16)22-18(24)14-23-19(25)13-21(20(23)26)11-5-4-6-12-21/h7-10,15H,3-6,11-14H2,1-2H3,(H,22,24)/t15-/m1/s1. The first kappa shape index (κ1) is 18.6. The maximum Gasteiger partial charge on any atom is 0.244 e. The van der Waals surface area contributed by atoms with Gasteiger partial charge in [0.05, 0.1) is 5.41 Å². The highest BCUT2D eigenvalue weighted by Gasteiger charge is 2.51. The summed E-state index contributed by atoms with van der Waals surface area (Å²) in [7, 11) is 0. The zero-order valence-electron chi connectivity index (χ0n) is 15.7. The molecule has 5 nitrogen and oxygen atoms in total. The number of likely N-dealkylation sites (tertiary alicyclic amines) is 1. The SMILES string of the molecule is CC[C@@H](C)c1ccc(NC(=O)CN2C(=O)CC3(CCCCC3)C2=O)cc1. The van der Waals surface area contributed by atoms with Crippen molar-refractivity contribution >= 4 is 23.4 Å². The van der Waals surface area contributed by atoms with E-state index in [9.17, 15) is 14.4 Å². The van der Waals surface area contributed by atoms with Gasteiger partial charge in [-0.2, -0.15) is 0 Å². The lowest BCUT2D eigenvalue weighted by atomic mass is 9.73. The van der Waals surface area contributed by atoms with E-state index in [2.05, 4.69) is 19.2 Å². The number of amides is 3. The van der Waals surface area contributed by atoms with Crippen molar-refractivity contribution in [2.45, 2.75) is 64.7 Å². The van der Waals surface area contributed by atoms with E-state index in [-0.39, 0.29) is 30.7 Å². The van der Waals surface area contributed by atoms with Gasteiger partial charge in [0.15, 0.2) is 0 Å². The number of nitrogens with one attached hydrogen (secondary N) is 1. The molecule has 1 aliphatic heterocycles. The van der Waals surface area contributed by atoms with Crippen molar-refractivity contribution in [2.75, 3.05) is 11.9 Å². The Morgan fingerprint density at radius 1 is 1.15 bits per heavy atom. The molecule has 1 N–H and O–H groups in total. The topological polar surface area (TPSA) is 66.5 Å². The minimum atomic E-state index is -0.534. The van der Waals surface area contributed by atoms with Gasteiger partial charge in [0.2, 0.25) is 17.7 Å². The van der Waals surface area contributed by atoms with Crippen molar-refractivity contribution in [2.24, 2.45) is 5.41 Å². The molecule has 2 fully saturated rings. The maximum absolute atomic E-state index is 12.8. The predicted molar refractivity (Wildman–Crippen MR) is 101 cm³/mol. The lowest BCUT2D eigenvalue weighted by Crippen LogP contribution is -2.41. The van der Waals surface area contributed by atoms with Gasteiger partial charge in [0.25, 0.3) is 0 Å². The molecule has 1 heterocycles. The van der Waals surface area contributed by atoms with Crippen LogP contribution in [0.1, 0.15) is 70.3 Å². The van der Waals surface area contributed by atoms with Gasteiger partial charge in [-0.1, -0.05) is 45.2 Å². The molecule has 0 unspecified atom stereocenters. The third-order valence-corrected chi connectivity index (χ3v) is 5.98. The minimum absolute atomic E-state index is 0.149. The smallest absolute Gasteiger partial charge is 0.244 e. The van der Waals surface area contributed by atoms with Crippen LogP contribution < -0.4 is 5.32 Å². The first-order chi connectivity index (χ1) is 12.4. The average molecular weight is 356 g/mol. The molecule has 140 valence electrons. The van der Waals surface area contributed by atoms with Crippen LogP contribution in [0, 0.1) is 5.41 Å². The quantitative estimate of drug-likeness (QED) is 0.815. The Bertz CT molecular complexity index is 690. The molecule has 1 aromatic rings. The van der Waals surface area contributed by atoms with E-state index >= 15 is 0 Å². The molecule has 0 bridgehead atoms. The first-order valence-corrected chi connectivity index (χ1v) is 9.70. The highest BCUT2D eigenvalue weighted by molar-refractivity contribution is 6.09. The van der Waals surface area contributed by atoms with Gasteiger partial charge in [0, 0.05) is 12.1 Å². The number of hydrogen-bond acceptors (Lipinski definition) is 3. The van der Waals surface area contributed by atoms with Crippen molar-refractivity contribution < 1.29 is 14.4 Å². The number of carbonyl (C=O) groups is 3. The van der Waals surface area contributed by atoms with Crippen LogP contribution in [0.2, 0.25) is 0 Å². The summed E-state index contributed by atoms with van der Waals surface area (Å²) in [4.78, 5) is 38.6. The number of hydrogen-bond donors (Lipinski definition) is 1. The Hall–Kier alpha value is -2.17. The van der Waals surface area contributed by atoms with E-state index in [1.165, 1.54) is 5.56 Å². The minimum Gasteiger partial charge on any atom is -0.325 e. The van der Waals surface area contributed by atoms with Gasteiger partial charge >= 0.3 is 0 Å². The van der Waals surface area contributed by atoms with Crippen molar-refractivity contribution in [3.63, 3.8) is 0 Å². The van der Waals surface area contributed by atoms with Gasteiger partial charge in [-0.15, -0.1) is 0 Å². The highest BCUT2D eigenvalue weighted by Crippen LogP contribution is 2.45. The van der Waals surface area contributed by atoms with Gasteiger partial charge in [-0.25, -0.2) is 0 Å². The largest absolute Gasteiger partial charge is 0.325 e. The molecule has 1 spiro atoms. The van der Waals surface area contributed by atoms with Gasteiger partial charge in [0.1, 0.15) is 6.54 Å². The lowest BCUT2D eigenvalue weighted by molar-refractivity contribution is -0.144. The second-order valence-corrected chi connectivity index (χ2v) is 7.78. The lowest BCUT2D eigenvalue weighted by Gasteiger charge is -2.30. The fourth-order valence-corrected chi connectivity index (χ4v) is 4.11. The first-order valence-electron chi connectivity index (χ1n) is 9.70. The van der Waals surface area contributed by atoms with Crippen LogP contribution in [-0.4, -0.2) is 29.2 Å². The van der Waals surface area contributed by atoms with Crippen LogP contribution in [0.3, 0.4) is 0 Å². The summed E-state index contributed by atoms with van der Waals surface area (Å²) in [6, 6.07) is 7.76. The molecule has 0 aromatic heterocycles. The van der Waals surface area contributed by atoms with Crippen LogP contribution in [0.4, 0.5) is 5.69 Å². The molecule has 26 heavy (non-hydrogen) atoms. The summed E-state index contributed by atoms with van der Waals surface area (Å²) in [5, 5.41) is 2.80. The highest BCUT2D eigenvalue weighted by atomic mass is 16.2. The molecule has 3 amide bonds. The number of carbonyl (C=O) groups excluding carboxylic acids is 3. The Balaban J connectivity index is 1.61. The Morgan fingerprint density at radius 3 is 2.42 bits per heavy atom. The Kier molecular flexibility index (Phi) is 5.44.